The second kappa shape index (κ2) is 10.7. The van der Waals surface area contributed by atoms with Gasteiger partial charge in [0.1, 0.15) is 11.4 Å². The van der Waals surface area contributed by atoms with Gasteiger partial charge in [0.15, 0.2) is 0 Å². The number of carbonyl (C=O) groups is 1. The number of ether oxygens (including phenoxy) is 1. The summed E-state index contributed by atoms with van der Waals surface area (Å²) in [6, 6.07) is 12.6. The number of fused-ring (bicyclic) bond motifs is 1. The molecule has 0 radical (unpaired) electrons. The molecular weight excluding hydrogens is 498 g/mol. The van der Waals surface area contributed by atoms with Crippen molar-refractivity contribution < 1.29 is 14.5 Å². The third kappa shape index (κ3) is 5.39. The van der Waals surface area contributed by atoms with Crippen molar-refractivity contribution in [3.8, 4) is 17.0 Å². The first kappa shape index (κ1) is 26.1. The summed E-state index contributed by atoms with van der Waals surface area (Å²) in [7, 11) is 7.23. The SMILES string of the molecule is COc1cc(N(C)CCN(C)C)c([N+](=O)[O-])cc1Nc1nccc(-c2cn(C(=O)C3CC3)c3ccccc23)n1. The lowest BCUT2D eigenvalue weighted by atomic mass is 10.1. The zero-order chi connectivity index (χ0) is 27.7. The largest absolute Gasteiger partial charge is 0.494 e. The molecule has 0 amide bonds. The molecule has 4 aromatic rings. The summed E-state index contributed by atoms with van der Waals surface area (Å²) in [4.78, 5) is 37.4. The van der Waals surface area contributed by atoms with Crippen molar-refractivity contribution in [2.45, 2.75) is 12.8 Å². The Labute approximate surface area is 226 Å². The number of likely N-dealkylation sites (N-methyl/N-ethyl adjacent to an activating group) is 2. The number of para-hydroxylation sites is 1. The molecule has 2 heterocycles. The highest BCUT2D eigenvalue weighted by atomic mass is 16.6. The number of nitrogens with one attached hydrogen (secondary N) is 1. The molecule has 202 valence electrons. The lowest BCUT2D eigenvalue weighted by molar-refractivity contribution is -0.384. The number of rotatable bonds is 10. The van der Waals surface area contributed by atoms with Gasteiger partial charge in [-0.3, -0.25) is 19.5 Å². The number of nitro groups is 1. The average molecular weight is 530 g/mol. The molecule has 2 aromatic carbocycles. The van der Waals surface area contributed by atoms with Crippen LogP contribution >= 0.6 is 0 Å². The molecule has 2 aromatic heterocycles. The molecule has 11 heteroatoms. The third-order valence-corrected chi connectivity index (χ3v) is 6.84. The molecule has 0 spiro atoms. The van der Waals surface area contributed by atoms with Crippen molar-refractivity contribution in [1.29, 1.82) is 0 Å². The molecule has 1 N–H and O–H groups in total. The van der Waals surface area contributed by atoms with Crippen LogP contribution in [0.5, 0.6) is 5.75 Å². The van der Waals surface area contributed by atoms with Gasteiger partial charge in [0.2, 0.25) is 11.9 Å². The van der Waals surface area contributed by atoms with Crippen molar-refractivity contribution in [3.05, 3.63) is 65.0 Å². The quantitative estimate of drug-likeness (QED) is 0.228. The number of nitrogens with zero attached hydrogens (tertiary/aromatic N) is 6. The van der Waals surface area contributed by atoms with Gasteiger partial charge >= 0.3 is 0 Å². The van der Waals surface area contributed by atoms with E-state index in [1.54, 1.807) is 22.9 Å². The van der Waals surface area contributed by atoms with Gasteiger partial charge in [-0.1, -0.05) is 18.2 Å². The van der Waals surface area contributed by atoms with E-state index in [4.69, 9.17) is 4.74 Å². The minimum atomic E-state index is -0.408. The Balaban J connectivity index is 1.49. The first-order chi connectivity index (χ1) is 18.8. The van der Waals surface area contributed by atoms with Gasteiger partial charge in [0, 0.05) is 61.5 Å². The number of anilines is 3. The van der Waals surface area contributed by atoms with Gasteiger partial charge in [-0.25, -0.2) is 9.97 Å². The Morgan fingerprint density at radius 2 is 1.95 bits per heavy atom. The maximum Gasteiger partial charge on any atom is 0.294 e. The third-order valence-electron chi connectivity index (χ3n) is 6.84. The number of nitro benzene ring substituents is 1. The fourth-order valence-corrected chi connectivity index (χ4v) is 4.53. The van der Waals surface area contributed by atoms with E-state index in [0.717, 1.165) is 35.9 Å². The monoisotopic (exact) mass is 529 g/mol. The highest BCUT2D eigenvalue weighted by Crippen LogP contribution is 2.39. The Morgan fingerprint density at radius 1 is 1.18 bits per heavy atom. The summed E-state index contributed by atoms with van der Waals surface area (Å²) in [6.45, 7) is 1.34. The number of benzene rings is 2. The Morgan fingerprint density at radius 3 is 2.64 bits per heavy atom. The van der Waals surface area contributed by atoms with Gasteiger partial charge in [0.05, 0.1) is 28.9 Å². The van der Waals surface area contributed by atoms with Crippen molar-refractivity contribution in [2.24, 2.45) is 5.92 Å². The number of carbonyl (C=O) groups excluding carboxylic acids is 1. The fourth-order valence-electron chi connectivity index (χ4n) is 4.53. The first-order valence-corrected chi connectivity index (χ1v) is 12.7. The second-order valence-corrected chi connectivity index (χ2v) is 9.96. The summed E-state index contributed by atoms with van der Waals surface area (Å²) in [6.07, 6.45) is 5.28. The van der Waals surface area contributed by atoms with Crippen LogP contribution in [-0.2, 0) is 0 Å². The van der Waals surface area contributed by atoms with Gasteiger partial charge in [-0.05, 0) is 39.1 Å². The number of aromatic nitrogens is 3. The summed E-state index contributed by atoms with van der Waals surface area (Å²) >= 11 is 0. The number of hydrogen-bond donors (Lipinski definition) is 1. The summed E-state index contributed by atoms with van der Waals surface area (Å²) < 4.78 is 7.30. The standard InChI is InChI=1S/C28H31N7O4/c1-32(2)13-14-33(3)24-16-26(39-4)22(15-25(24)35(37)38)31-28-29-12-11-21(30-28)20-17-34(27(36)18-9-10-18)23-8-6-5-7-19(20)23/h5-8,11-12,15-18H,9-10,13-14H2,1-4H3,(H,29,30,31). The molecule has 1 aliphatic rings. The molecular formula is C28H31N7O4. The topological polar surface area (TPSA) is 119 Å². The van der Waals surface area contributed by atoms with Gasteiger partial charge in [-0.15, -0.1) is 0 Å². The van der Waals surface area contributed by atoms with Crippen molar-refractivity contribution >= 4 is 39.8 Å². The highest BCUT2D eigenvalue weighted by Gasteiger charge is 2.32. The normalized spacial score (nSPS) is 13.1. The fraction of sp³-hybridized carbons (Fsp3) is 0.321. The van der Waals surface area contributed by atoms with E-state index in [-0.39, 0.29) is 23.5 Å². The highest BCUT2D eigenvalue weighted by molar-refractivity contribution is 6.02. The van der Waals surface area contributed by atoms with E-state index < -0.39 is 4.92 Å². The van der Waals surface area contributed by atoms with E-state index in [1.807, 2.05) is 61.4 Å². The van der Waals surface area contributed by atoms with Crippen molar-refractivity contribution in [1.82, 2.24) is 19.4 Å². The summed E-state index contributed by atoms with van der Waals surface area (Å²) in [5.74, 6) is 0.842. The van der Waals surface area contributed by atoms with Crippen LogP contribution in [0.3, 0.4) is 0 Å². The van der Waals surface area contributed by atoms with E-state index in [0.29, 0.717) is 29.4 Å². The van der Waals surface area contributed by atoms with E-state index >= 15 is 0 Å². The zero-order valence-corrected chi connectivity index (χ0v) is 22.4. The zero-order valence-electron chi connectivity index (χ0n) is 22.4. The molecule has 1 saturated carbocycles. The minimum Gasteiger partial charge on any atom is -0.494 e. The smallest absolute Gasteiger partial charge is 0.294 e. The Kier molecular flexibility index (Phi) is 7.16. The van der Waals surface area contributed by atoms with Gasteiger partial charge in [-0.2, -0.15) is 0 Å². The van der Waals surface area contributed by atoms with Crippen LogP contribution in [0.4, 0.5) is 23.0 Å². The van der Waals surface area contributed by atoms with Gasteiger partial charge < -0.3 is 19.9 Å². The lowest BCUT2D eigenvalue weighted by Gasteiger charge is -2.22. The molecule has 1 aliphatic carbocycles. The number of methoxy groups -OCH3 is 1. The van der Waals surface area contributed by atoms with Crippen LogP contribution in [0, 0.1) is 16.0 Å². The molecule has 0 bridgehead atoms. The van der Waals surface area contributed by atoms with Crippen molar-refractivity contribution in [3.63, 3.8) is 0 Å². The van der Waals surface area contributed by atoms with Crippen LogP contribution in [0.25, 0.3) is 22.2 Å². The molecule has 0 unspecified atom stereocenters. The van der Waals surface area contributed by atoms with Crippen LogP contribution < -0.4 is 15.0 Å². The Hall–Kier alpha value is -4.51. The molecule has 39 heavy (non-hydrogen) atoms. The van der Waals surface area contributed by atoms with Crippen LogP contribution in [0.2, 0.25) is 0 Å². The predicted molar refractivity (Wildman–Crippen MR) is 151 cm³/mol. The summed E-state index contributed by atoms with van der Waals surface area (Å²) in [5, 5.41) is 16.0. The minimum absolute atomic E-state index is 0.0580. The van der Waals surface area contributed by atoms with Crippen LogP contribution in [-0.4, -0.2) is 71.6 Å². The summed E-state index contributed by atoms with van der Waals surface area (Å²) in [5.41, 5.74) is 3.03. The molecule has 0 atom stereocenters. The molecule has 0 saturated heterocycles. The molecule has 5 rings (SSSR count). The van der Waals surface area contributed by atoms with Crippen LogP contribution in [0.1, 0.15) is 17.6 Å². The molecule has 1 fully saturated rings. The van der Waals surface area contributed by atoms with E-state index in [2.05, 4.69) is 15.3 Å². The first-order valence-electron chi connectivity index (χ1n) is 12.7. The lowest BCUT2D eigenvalue weighted by Crippen LogP contribution is -2.28. The van der Waals surface area contributed by atoms with E-state index in [9.17, 15) is 14.9 Å². The molecule has 0 aliphatic heterocycles. The van der Waals surface area contributed by atoms with Crippen molar-refractivity contribution in [2.75, 3.05) is 51.6 Å². The molecule has 11 nitrogen and oxygen atoms in total. The average Bonchev–Trinajstić information content (AvgIpc) is 3.71. The maximum atomic E-state index is 12.9. The van der Waals surface area contributed by atoms with Gasteiger partial charge in [0.25, 0.3) is 5.69 Å². The maximum absolute atomic E-state index is 12.9. The second-order valence-electron chi connectivity index (χ2n) is 9.96. The predicted octanol–water partition coefficient (Wildman–Crippen LogP) is 4.81. The van der Waals surface area contributed by atoms with Crippen LogP contribution in [0.15, 0.2) is 54.9 Å². The van der Waals surface area contributed by atoms with E-state index in [1.165, 1.54) is 13.2 Å². The Bertz CT molecular complexity index is 1540. The number of hydrogen-bond acceptors (Lipinski definition) is 9.